The zero-order valence-electron chi connectivity index (χ0n) is 31.6. The third-order valence-electron chi connectivity index (χ3n) is 12.3. The molecule has 0 aliphatic carbocycles. The van der Waals surface area contributed by atoms with Crippen LogP contribution in [0.4, 0.5) is 0 Å². The van der Waals surface area contributed by atoms with Crippen LogP contribution in [0.15, 0.2) is 223 Å². The van der Waals surface area contributed by atoms with Crippen molar-refractivity contribution in [1.29, 1.82) is 0 Å². The highest BCUT2D eigenvalue weighted by Crippen LogP contribution is 2.40. The molecule has 0 saturated carbocycles. The Morgan fingerprint density at radius 1 is 0.310 bits per heavy atom. The molecule has 0 bridgehead atoms. The lowest BCUT2D eigenvalue weighted by Gasteiger charge is -2.35. The van der Waals surface area contributed by atoms with E-state index in [2.05, 4.69) is 221 Å². The summed E-state index contributed by atoms with van der Waals surface area (Å²) in [5, 5.41) is 12.5. The van der Waals surface area contributed by atoms with Gasteiger partial charge >= 0.3 is 0 Å². The average molecular weight is 757 g/mol. The molecule has 0 N–H and O–H groups in total. The molecule has 58 heavy (non-hydrogen) atoms. The summed E-state index contributed by atoms with van der Waals surface area (Å²) in [7, 11) is -2.96. The summed E-state index contributed by atoms with van der Waals surface area (Å²) in [5.74, 6) is 0. The molecule has 0 amide bonds. The van der Waals surface area contributed by atoms with Crippen LogP contribution in [0.1, 0.15) is 0 Å². The van der Waals surface area contributed by atoms with Crippen molar-refractivity contribution in [3.8, 4) is 11.4 Å². The van der Waals surface area contributed by atoms with E-state index in [1.54, 1.807) is 0 Å². The maximum Gasteiger partial charge on any atom is 0.179 e. The van der Waals surface area contributed by atoms with E-state index in [4.69, 9.17) is 4.42 Å². The lowest BCUT2D eigenvalue weighted by molar-refractivity contribution is 0.673. The van der Waals surface area contributed by atoms with Gasteiger partial charge in [0.05, 0.1) is 27.5 Å². The number of nitrogens with zero attached hydrogens (tertiary/aromatic N) is 2. The quantitative estimate of drug-likeness (QED) is 0.122. The van der Waals surface area contributed by atoms with Gasteiger partial charge in [0, 0.05) is 38.3 Å². The van der Waals surface area contributed by atoms with Crippen molar-refractivity contribution in [2.24, 2.45) is 0 Å². The Balaban J connectivity index is 1.16. The van der Waals surface area contributed by atoms with Crippen LogP contribution < -0.4 is 20.7 Å². The SMILES string of the molecule is c1ccc(-n2c3ccccc3c3cc([Si](c4ccccc4)(c4ccccc4)c4cccc(-n5c6ccccc6c6c7oc8ccccc8c7ccc65)c4)ccc32)cc1. The van der Waals surface area contributed by atoms with Crippen molar-refractivity contribution in [3.05, 3.63) is 218 Å². The van der Waals surface area contributed by atoms with Crippen LogP contribution in [0.25, 0.3) is 76.9 Å². The zero-order chi connectivity index (χ0) is 38.2. The number of furan rings is 1. The summed E-state index contributed by atoms with van der Waals surface area (Å²) < 4.78 is 11.5. The predicted octanol–water partition coefficient (Wildman–Crippen LogP) is 11.2. The van der Waals surface area contributed by atoms with Gasteiger partial charge in [0.15, 0.2) is 8.07 Å². The Morgan fingerprint density at radius 3 is 1.57 bits per heavy atom. The molecule has 3 aromatic heterocycles. The molecule has 9 aromatic carbocycles. The summed E-state index contributed by atoms with van der Waals surface area (Å²) in [6.45, 7) is 0. The smallest absolute Gasteiger partial charge is 0.179 e. The van der Waals surface area contributed by atoms with Gasteiger partial charge in [0.1, 0.15) is 11.2 Å². The lowest BCUT2D eigenvalue weighted by Crippen LogP contribution is -2.74. The Labute approximate surface area is 336 Å². The van der Waals surface area contributed by atoms with E-state index in [9.17, 15) is 0 Å². The van der Waals surface area contributed by atoms with Gasteiger partial charge in [-0.1, -0.05) is 158 Å². The first-order valence-electron chi connectivity index (χ1n) is 19.9. The molecule has 0 fully saturated rings. The molecule has 12 rings (SSSR count). The average Bonchev–Trinajstić information content (AvgIpc) is 3.95. The van der Waals surface area contributed by atoms with E-state index in [0.29, 0.717) is 0 Å². The molecule has 0 aliphatic rings. The Hall–Kier alpha value is -7.40. The van der Waals surface area contributed by atoms with Gasteiger partial charge < -0.3 is 13.6 Å². The van der Waals surface area contributed by atoms with Crippen molar-refractivity contribution in [2.75, 3.05) is 0 Å². The number of aromatic nitrogens is 2. The highest BCUT2D eigenvalue weighted by Gasteiger charge is 2.42. The standard InChI is InChI=1S/C54H36N2OSi/c1-4-17-37(18-5-1)55-48-28-13-10-25-43(48)47-36-42(31-33-50(47)55)58(39-20-6-2-7-21-39,40-22-8-3-9-23-40)41-24-16-19-38(35-41)56-49-29-14-11-27-46(49)53-51(56)34-32-45-44-26-12-15-30-52(44)57-54(45)53/h1-36H. The third kappa shape index (κ3) is 4.67. The number of para-hydroxylation sites is 4. The van der Waals surface area contributed by atoms with Crippen LogP contribution in [0.2, 0.25) is 0 Å². The molecule has 12 aromatic rings. The number of fused-ring (bicyclic) bond motifs is 10. The highest BCUT2D eigenvalue weighted by molar-refractivity contribution is 7.20. The third-order valence-corrected chi connectivity index (χ3v) is 17.0. The second-order valence-corrected chi connectivity index (χ2v) is 19.0. The fraction of sp³-hybridized carbons (Fsp3) is 0. The van der Waals surface area contributed by atoms with Crippen LogP contribution in [0, 0.1) is 0 Å². The number of rotatable bonds is 6. The van der Waals surface area contributed by atoms with Crippen molar-refractivity contribution < 1.29 is 4.42 Å². The van der Waals surface area contributed by atoms with Crippen LogP contribution >= 0.6 is 0 Å². The molecular weight excluding hydrogens is 721 g/mol. The molecule has 0 spiro atoms. The number of benzene rings is 9. The van der Waals surface area contributed by atoms with Crippen LogP contribution in [0.5, 0.6) is 0 Å². The lowest BCUT2D eigenvalue weighted by atomic mass is 10.1. The van der Waals surface area contributed by atoms with Gasteiger partial charge in [-0.25, -0.2) is 0 Å². The molecule has 272 valence electrons. The molecule has 0 unspecified atom stereocenters. The first-order chi connectivity index (χ1) is 28.8. The fourth-order valence-electron chi connectivity index (χ4n) is 9.83. The zero-order valence-corrected chi connectivity index (χ0v) is 32.6. The maximum absolute atomic E-state index is 6.66. The Morgan fingerprint density at radius 2 is 0.828 bits per heavy atom. The van der Waals surface area contributed by atoms with Crippen molar-refractivity contribution in [3.63, 3.8) is 0 Å². The minimum Gasteiger partial charge on any atom is -0.455 e. The fourth-order valence-corrected chi connectivity index (χ4v) is 14.6. The molecule has 0 aliphatic heterocycles. The van der Waals surface area contributed by atoms with Gasteiger partial charge in [-0.15, -0.1) is 0 Å². The van der Waals surface area contributed by atoms with E-state index >= 15 is 0 Å². The Bertz CT molecular complexity index is 3470. The molecule has 0 saturated heterocycles. The molecular formula is C54H36N2OSi. The van der Waals surface area contributed by atoms with Gasteiger partial charge in [0.2, 0.25) is 0 Å². The van der Waals surface area contributed by atoms with E-state index in [-0.39, 0.29) is 0 Å². The molecule has 3 nitrogen and oxygen atoms in total. The molecule has 3 heterocycles. The summed E-state index contributed by atoms with van der Waals surface area (Å²) in [4.78, 5) is 0. The summed E-state index contributed by atoms with van der Waals surface area (Å²) in [6, 6.07) is 80.3. The van der Waals surface area contributed by atoms with Crippen molar-refractivity contribution >= 4 is 94.4 Å². The summed E-state index contributed by atoms with van der Waals surface area (Å²) in [6.07, 6.45) is 0. The van der Waals surface area contributed by atoms with E-state index in [1.165, 1.54) is 47.9 Å². The van der Waals surface area contributed by atoms with E-state index in [1.807, 2.05) is 6.07 Å². The van der Waals surface area contributed by atoms with Crippen molar-refractivity contribution in [2.45, 2.75) is 0 Å². The summed E-state index contributed by atoms with van der Waals surface area (Å²) in [5.41, 5.74) is 8.84. The van der Waals surface area contributed by atoms with Gasteiger partial charge in [-0.3, -0.25) is 0 Å². The minimum absolute atomic E-state index is 0.911. The second kappa shape index (κ2) is 12.8. The summed E-state index contributed by atoms with van der Waals surface area (Å²) >= 11 is 0. The topological polar surface area (TPSA) is 23.0 Å². The first kappa shape index (κ1) is 32.8. The van der Waals surface area contributed by atoms with Crippen LogP contribution in [0.3, 0.4) is 0 Å². The Kier molecular flexibility index (Phi) is 7.25. The maximum atomic E-state index is 6.66. The van der Waals surface area contributed by atoms with Gasteiger partial charge in [0.25, 0.3) is 0 Å². The van der Waals surface area contributed by atoms with Gasteiger partial charge in [-0.05, 0) is 81.4 Å². The van der Waals surface area contributed by atoms with Crippen LogP contribution in [-0.4, -0.2) is 17.2 Å². The van der Waals surface area contributed by atoms with Gasteiger partial charge in [-0.2, -0.15) is 0 Å². The number of hydrogen-bond donors (Lipinski definition) is 0. The monoisotopic (exact) mass is 756 g/mol. The molecule has 0 radical (unpaired) electrons. The van der Waals surface area contributed by atoms with E-state index in [0.717, 1.165) is 49.7 Å². The predicted molar refractivity (Wildman–Crippen MR) is 246 cm³/mol. The van der Waals surface area contributed by atoms with Crippen molar-refractivity contribution in [1.82, 2.24) is 9.13 Å². The highest BCUT2D eigenvalue weighted by atomic mass is 28.3. The normalized spacial score (nSPS) is 12.1. The molecule has 0 atom stereocenters. The first-order valence-corrected chi connectivity index (χ1v) is 21.9. The van der Waals surface area contributed by atoms with E-state index < -0.39 is 8.07 Å². The number of hydrogen-bond acceptors (Lipinski definition) is 1. The molecule has 4 heteroatoms. The minimum atomic E-state index is -2.96. The van der Waals surface area contributed by atoms with Crippen LogP contribution in [-0.2, 0) is 0 Å². The largest absolute Gasteiger partial charge is 0.455 e. The second-order valence-electron chi connectivity index (χ2n) is 15.2.